The maximum Gasteiger partial charge on any atom is 0.120 e. The van der Waals surface area contributed by atoms with Gasteiger partial charge in [-0.3, -0.25) is 9.80 Å². The molecule has 1 aliphatic heterocycles. The van der Waals surface area contributed by atoms with E-state index in [9.17, 15) is 5.11 Å². The SMILES string of the molecule is CC(C)(C)CCN1CCN(CCNC(C)(C)C)C(O)C1. The summed E-state index contributed by atoms with van der Waals surface area (Å²) in [7, 11) is 0. The second-order valence-electron chi connectivity index (χ2n) is 8.30. The van der Waals surface area contributed by atoms with Gasteiger partial charge in [-0.15, -0.1) is 0 Å². The smallest absolute Gasteiger partial charge is 0.120 e. The molecule has 120 valence electrons. The van der Waals surface area contributed by atoms with Gasteiger partial charge in [0.1, 0.15) is 6.23 Å². The van der Waals surface area contributed by atoms with Gasteiger partial charge in [0.05, 0.1) is 0 Å². The van der Waals surface area contributed by atoms with Crippen LogP contribution in [0.4, 0.5) is 0 Å². The third kappa shape index (κ3) is 7.58. The van der Waals surface area contributed by atoms with Gasteiger partial charge in [-0.1, -0.05) is 20.8 Å². The number of aliphatic hydroxyl groups is 1. The first kappa shape index (κ1) is 17.9. The quantitative estimate of drug-likeness (QED) is 0.807. The fraction of sp³-hybridized carbons (Fsp3) is 1.00. The Balaban J connectivity index is 2.26. The van der Waals surface area contributed by atoms with Gasteiger partial charge in [-0.05, 0) is 39.2 Å². The van der Waals surface area contributed by atoms with E-state index in [4.69, 9.17) is 0 Å². The summed E-state index contributed by atoms with van der Waals surface area (Å²) in [5, 5.41) is 13.7. The molecule has 0 bridgehead atoms. The third-order valence-electron chi connectivity index (χ3n) is 3.78. The Labute approximate surface area is 125 Å². The lowest BCUT2D eigenvalue weighted by Gasteiger charge is -2.40. The Morgan fingerprint density at radius 1 is 1.05 bits per heavy atom. The zero-order valence-electron chi connectivity index (χ0n) is 14.4. The van der Waals surface area contributed by atoms with Gasteiger partial charge in [-0.2, -0.15) is 0 Å². The number of β-amino-alcohol motifs (C(OH)–C–C–N with tert-alkyl or cyclic N) is 1. The second-order valence-corrected chi connectivity index (χ2v) is 8.30. The predicted molar refractivity (Wildman–Crippen MR) is 85.8 cm³/mol. The van der Waals surface area contributed by atoms with E-state index in [1.165, 1.54) is 6.42 Å². The van der Waals surface area contributed by atoms with E-state index in [2.05, 4.69) is 56.7 Å². The van der Waals surface area contributed by atoms with E-state index in [1.54, 1.807) is 0 Å². The lowest BCUT2D eigenvalue weighted by atomic mass is 9.92. The molecule has 0 aromatic heterocycles. The molecular weight excluding hydrogens is 250 g/mol. The maximum absolute atomic E-state index is 10.3. The molecule has 1 fully saturated rings. The molecule has 20 heavy (non-hydrogen) atoms. The molecule has 4 nitrogen and oxygen atoms in total. The number of nitrogens with one attached hydrogen (secondary N) is 1. The van der Waals surface area contributed by atoms with Gasteiger partial charge in [0.2, 0.25) is 0 Å². The van der Waals surface area contributed by atoms with Crippen molar-refractivity contribution >= 4 is 0 Å². The highest BCUT2D eigenvalue weighted by Crippen LogP contribution is 2.19. The molecule has 2 N–H and O–H groups in total. The Bertz CT molecular complexity index is 280. The number of nitrogens with zero attached hydrogens (tertiary/aromatic N) is 2. The van der Waals surface area contributed by atoms with Crippen LogP contribution in [0.1, 0.15) is 48.0 Å². The van der Waals surface area contributed by atoms with Crippen LogP contribution in [0.2, 0.25) is 0 Å². The molecule has 1 aliphatic rings. The average Bonchev–Trinajstić information content (AvgIpc) is 2.26. The predicted octanol–water partition coefficient (Wildman–Crippen LogP) is 1.75. The van der Waals surface area contributed by atoms with E-state index in [-0.39, 0.29) is 11.8 Å². The van der Waals surface area contributed by atoms with Crippen LogP contribution in [-0.2, 0) is 0 Å². The molecule has 0 amide bonds. The molecule has 1 atom stereocenters. The van der Waals surface area contributed by atoms with Crippen molar-refractivity contribution in [3.8, 4) is 0 Å². The summed E-state index contributed by atoms with van der Waals surface area (Å²) in [5.74, 6) is 0. The topological polar surface area (TPSA) is 38.7 Å². The Kier molecular flexibility index (Phi) is 6.45. The van der Waals surface area contributed by atoms with E-state index in [0.717, 1.165) is 39.3 Å². The number of hydrogen-bond donors (Lipinski definition) is 2. The summed E-state index contributed by atoms with van der Waals surface area (Å²) in [6.45, 7) is 19.1. The van der Waals surface area contributed by atoms with Gasteiger partial charge < -0.3 is 10.4 Å². The van der Waals surface area contributed by atoms with Crippen LogP contribution < -0.4 is 5.32 Å². The molecule has 1 unspecified atom stereocenters. The first-order valence-electron chi connectivity index (χ1n) is 7.96. The van der Waals surface area contributed by atoms with Crippen molar-refractivity contribution in [2.24, 2.45) is 5.41 Å². The maximum atomic E-state index is 10.3. The number of piperazine rings is 1. The van der Waals surface area contributed by atoms with Gasteiger partial charge in [0.15, 0.2) is 0 Å². The molecule has 1 saturated heterocycles. The lowest BCUT2D eigenvalue weighted by Crippen LogP contribution is -2.55. The standard InChI is InChI=1S/C16H35N3O/c1-15(2,3)7-9-18-11-12-19(14(20)13-18)10-8-17-16(4,5)6/h14,17,20H,7-13H2,1-6H3. The summed E-state index contributed by atoms with van der Waals surface area (Å²) in [5.41, 5.74) is 0.526. The van der Waals surface area contributed by atoms with Crippen LogP contribution in [0.15, 0.2) is 0 Å². The molecule has 0 aromatic carbocycles. The fourth-order valence-electron chi connectivity index (χ4n) is 2.39. The minimum Gasteiger partial charge on any atom is -0.377 e. The lowest BCUT2D eigenvalue weighted by molar-refractivity contribution is -0.0569. The average molecular weight is 285 g/mol. The molecule has 1 rings (SSSR count). The zero-order valence-corrected chi connectivity index (χ0v) is 14.4. The van der Waals surface area contributed by atoms with Gasteiger partial charge in [-0.25, -0.2) is 0 Å². The van der Waals surface area contributed by atoms with Crippen LogP contribution in [0.3, 0.4) is 0 Å². The van der Waals surface area contributed by atoms with Gasteiger partial charge in [0, 0.05) is 38.3 Å². The molecular formula is C16H35N3O. The molecule has 0 aromatic rings. The molecule has 0 spiro atoms. The highest BCUT2D eigenvalue weighted by molar-refractivity contribution is 4.78. The normalized spacial score (nSPS) is 23.2. The first-order chi connectivity index (χ1) is 9.07. The summed E-state index contributed by atoms with van der Waals surface area (Å²) in [6.07, 6.45) is 0.871. The van der Waals surface area contributed by atoms with E-state index in [0.29, 0.717) is 5.41 Å². The fourth-order valence-corrected chi connectivity index (χ4v) is 2.39. The van der Waals surface area contributed by atoms with Crippen molar-refractivity contribution in [1.82, 2.24) is 15.1 Å². The van der Waals surface area contributed by atoms with E-state index >= 15 is 0 Å². The van der Waals surface area contributed by atoms with Crippen molar-refractivity contribution < 1.29 is 5.11 Å². The van der Waals surface area contributed by atoms with Gasteiger partial charge >= 0.3 is 0 Å². The summed E-state index contributed by atoms with van der Waals surface area (Å²) in [4.78, 5) is 4.58. The second kappa shape index (κ2) is 7.21. The van der Waals surface area contributed by atoms with Crippen molar-refractivity contribution in [3.05, 3.63) is 0 Å². The minimum atomic E-state index is -0.314. The zero-order chi connectivity index (χ0) is 15.4. The van der Waals surface area contributed by atoms with Crippen LogP contribution in [0.5, 0.6) is 0 Å². The first-order valence-corrected chi connectivity index (χ1v) is 7.96. The van der Waals surface area contributed by atoms with Crippen LogP contribution in [0.25, 0.3) is 0 Å². The molecule has 4 heteroatoms. The Morgan fingerprint density at radius 3 is 2.20 bits per heavy atom. The van der Waals surface area contributed by atoms with Crippen molar-refractivity contribution in [2.75, 3.05) is 39.3 Å². The van der Waals surface area contributed by atoms with Crippen molar-refractivity contribution in [1.29, 1.82) is 0 Å². The van der Waals surface area contributed by atoms with E-state index in [1.807, 2.05) is 0 Å². The minimum absolute atomic E-state index is 0.152. The highest BCUT2D eigenvalue weighted by atomic mass is 16.3. The van der Waals surface area contributed by atoms with Crippen LogP contribution >= 0.6 is 0 Å². The molecule has 0 aliphatic carbocycles. The Hall–Kier alpha value is -0.160. The third-order valence-corrected chi connectivity index (χ3v) is 3.78. The Morgan fingerprint density at radius 2 is 1.70 bits per heavy atom. The molecule has 0 saturated carbocycles. The summed E-state index contributed by atoms with van der Waals surface area (Å²) < 4.78 is 0. The summed E-state index contributed by atoms with van der Waals surface area (Å²) >= 11 is 0. The van der Waals surface area contributed by atoms with Crippen molar-refractivity contribution in [3.63, 3.8) is 0 Å². The van der Waals surface area contributed by atoms with Crippen LogP contribution in [-0.4, -0.2) is 65.9 Å². The monoisotopic (exact) mass is 285 g/mol. The van der Waals surface area contributed by atoms with Crippen LogP contribution in [0, 0.1) is 5.41 Å². The number of hydrogen-bond acceptors (Lipinski definition) is 4. The molecule has 0 radical (unpaired) electrons. The largest absolute Gasteiger partial charge is 0.377 e. The van der Waals surface area contributed by atoms with Crippen molar-refractivity contribution in [2.45, 2.75) is 59.7 Å². The summed E-state index contributed by atoms with van der Waals surface area (Å²) in [6, 6.07) is 0. The van der Waals surface area contributed by atoms with E-state index < -0.39 is 0 Å². The van der Waals surface area contributed by atoms with Gasteiger partial charge in [0.25, 0.3) is 0 Å². The highest BCUT2D eigenvalue weighted by Gasteiger charge is 2.25. The molecule has 1 heterocycles. The number of rotatable bonds is 5. The number of aliphatic hydroxyl groups excluding tert-OH is 1.